The van der Waals surface area contributed by atoms with Crippen LogP contribution in [0, 0.1) is 0 Å². The zero-order chi connectivity index (χ0) is 14.3. The number of ketones is 1. The molecule has 0 heterocycles. The quantitative estimate of drug-likeness (QED) is 0.576. The van der Waals surface area contributed by atoms with Gasteiger partial charge in [-0.15, -0.1) is 0 Å². The van der Waals surface area contributed by atoms with Gasteiger partial charge in [0.15, 0.2) is 17.3 Å². The summed E-state index contributed by atoms with van der Waals surface area (Å²) in [6, 6.07) is 3.34. The SMILES string of the molecule is CNCCCC(=O)c1cc(OC)c(OC)cc1OC. The Bertz CT molecular complexity index is 432. The van der Waals surface area contributed by atoms with Gasteiger partial charge in [-0.25, -0.2) is 0 Å². The molecule has 0 bridgehead atoms. The minimum absolute atomic E-state index is 0.0352. The molecule has 0 aliphatic heterocycles. The lowest BCUT2D eigenvalue weighted by atomic mass is 10.0. The third kappa shape index (κ3) is 3.86. The van der Waals surface area contributed by atoms with Gasteiger partial charge in [0.05, 0.1) is 26.9 Å². The van der Waals surface area contributed by atoms with E-state index in [1.807, 2.05) is 7.05 Å². The van der Waals surface area contributed by atoms with Crippen molar-refractivity contribution in [1.29, 1.82) is 0 Å². The molecule has 1 aromatic rings. The number of carbonyl (C=O) groups is 1. The molecule has 0 saturated carbocycles. The predicted molar refractivity (Wildman–Crippen MR) is 73.6 cm³/mol. The topological polar surface area (TPSA) is 56.8 Å². The summed E-state index contributed by atoms with van der Waals surface area (Å²) in [4.78, 5) is 12.2. The molecule has 1 rings (SSSR count). The standard InChI is InChI=1S/C14H21NO4/c1-15-7-5-6-11(16)10-8-13(18-3)14(19-4)9-12(10)17-2/h8-9,15H,5-7H2,1-4H3. The van der Waals surface area contributed by atoms with E-state index in [-0.39, 0.29) is 5.78 Å². The first-order valence-corrected chi connectivity index (χ1v) is 6.15. The minimum atomic E-state index is 0.0352. The Labute approximate surface area is 113 Å². The van der Waals surface area contributed by atoms with Crippen LogP contribution >= 0.6 is 0 Å². The van der Waals surface area contributed by atoms with Crippen molar-refractivity contribution in [2.24, 2.45) is 0 Å². The maximum atomic E-state index is 12.2. The fourth-order valence-corrected chi connectivity index (χ4v) is 1.81. The van der Waals surface area contributed by atoms with Gasteiger partial charge in [-0.1, -0.05) is 0 Å². The monoisotopic (exact) mass is 267 g/mol. The van der Waals surface area contributed by atoms with Gasteiger partial charge in [0, 0.05) is 12.5 Å². The fourth-order valence-electron chi connectivity index (χ4n) is 1.81. The number of hydrogen-bond donors (Lipinski definition) is 1. The van der Waals surface area contributed by atoms with Crippen molar-refractivity contribution in [1.82, 2.24) is 5.32 Å². The Morgan fingerprint density at radius 1 is 1.05 bits per heavy atom. The second-order valence-electron chi connectivity index (χ2n) is 4.04. The first-order chi connectivity index (χ1) is 9.17. The number of nitrogens with one attached hydrogen (secondary N) is 1. The van der Waals surface area contributed by atoms with Crippen LogP contribution in [0.15, 0.2) is 12.1 Å². The second kappa shape index (κ2) is 7.63. The van der Waals surface area contributed by atoms with E-state index in [1.165, 1.54) is 7.11 Å². The van der Waals surface area contributed by atoms with Crippen molar-refractivity contribution in [3.63, 3.8) is 0 Å². The Balaban J connectivity index is 3.00. The smallest absolute Gasteiger partial charge is 0.166 e. The van der Waals surface area contributed by atoms with E-state index in [4.69, 9.17) is 14.2 Å². The lowest BCUT2D eigenvalue weighted by molar-refractivity contribution is 0.0977. The van der Waals surface area contributed by atoms with Crippen LogP contribution in [0.2, 0.25) is 0 Å². The molecule has 0 unspecified atom stereocenters. The molecular formula is C14H21NO4. The van der Waals surface area contributed by atoms with Crippen molar-refractivity contribution < 1.29 is 19.0 Å². The molecule has 1 N–H and O–H groups in total. The molecule has 0 fully saturated rings. The largest absolute Gasteiger partial charge is 0.496 e. The Hall–Kier alpha value is -1.75. The van der Waals surface area contributed by atoms with Crippen molar-refractivity contribution >= 4 is 5.78 Å². The summed E-state index contributed by atoms with van der Waals surface area (Å²) < 4.78 is 15.6. The zero-order valence-electron chi connectivity index (χ0n) is 11.9. The van der Waals surface area contributed by atoms with Crippen LogP contribution in [0.1, 0.15) is 23.2 Å². The van der Waals surface area contributed by atoms with Crippen LogP contribution in [-0.4, -0.2) is 40.7 Å². The maximum Gasteiger partial charge on any atom is 0.166 e. The molecule has 0 aliphatic rings. The first-order valence-electron chi connectivity index (χ1n) is 6.15. The number of carbonyl (C=O) groups excluding carboxylic acids is 1. The fraction of sp³-hybridized carbons (Fsp3) is 0.500. The molecule has 0 aliphatic carbocycles. The predicted octanol–water partition coefficient (Wildman–Crippen LogP) is 1.89. The summed E-state index contributed by atoms with van der Waals surface area (Å²) in [6.07, 6.45) is 1.25. The van der Waals surface area contributed by atoms with Gasteiger partial charge < -0.3 is 19.5 Å². The molecule has 106 valence electrons. The highest BCUT2D eigenvalue weighted by Crippen LogP contribution is 2.35. The molecule has 0 atom stereocenters. The van der Waals surface area contributed by atoms with Crippen molar-refractivity contribution in [3.05, 3.63) is 17.7 Å². The van der Waals surface area contributed by atoms with Gasteiger partial charge in [0.2, 0.25) is 0 Å². The summed E-state index contributed by atoms with van der Waals surface area (Å²) in [5.41, 5.74) is 0.524. The van der Waals surface area contributed by atoms with E-state index in [1.54, 1.807) is 26.4 Å². The van der Waals surface area contributed by atoms with E-state index in [0.717, 1.165) is 13.0 Å². The van der Waals surface area contributed by atoms with Crippen LogP contribution in [0.5, 0.6) is 17.2 Å². The zero-order valence-corrected chi connectivity index (χ0v) is 11.9. The highest BCUT2D eigenvalue weighted by molar-refractivity contribution is 5.99. The molecule has 0 spiro atoms. The summed E-state index contributed by atoms with van der Waals surface area (Å²) in [5, 5.41) is 3.02. The summed E-state index contributed by atoms with van der Waals surface area (Å²) in [6.45, 7) is 0.807. The molecule has 0 radical (unpaired) electrons. The summed E-state index contributed by atoms with van der Waals surface area (Å²) >= 11 is 0. The Morgan fingerprint density at radius 3 is 2.16 bits per heavy atom. The van der Waals surface area contributed by atoms with Crippen LogP contribution in [-0.2, 0) is 0 Å². The van der Waals surface area contributed by atoms with Gasteiger partial charge >= 0.3 is 0 Å². The van der Waals surface area contributed by atoms with Gasteiger partial charge in [-0.05, 0) is 26.1 Å². The summed E-state index contributed by atoms with van der Waals surface area (Å²) in [5.74, 6) is 1.62. The van der Waals surface area contributed by atoms with E-state index in [0.29, 0.717) is 29.2 Å². The lowest BCUT2D eigenvalue weighted by Crippen LogP contribution is -2.11. The second-order valence-corrected chi connectivity index (χ2v) is 4.04. The van der Waals surface area contributed by atoms with Crippen LogP contribution in [0.3, 0.4) is 0 Å². The van der Waals surface area contributed by atoms with Gasteiger partial charge in [0.25, 0.3) is 0 Å². The van der Waals surface area contributed by atoms with Crippen molar-refractivity contribution in [2.45, 2.75) is 12.8 Å². The van der Waals surface area contributed by atoms with Crippen molar-refractivity contribution in [2.75, 3.05) is 34.9 Å². The average Bonchev–Trinajstić information content (AvgIpc) is 2.45. The first kappa shape index (κ1) is 15.3. The molecule has 0 amide bonds. The number of methoxy groups -OCH3 is 3. The highest BCUT2D eigenvalue weighted by atomic mass is 16.5. The summed E-state index contributed by atoms with van der Waals surface area (Å²) in [7, 11) is 6.48. The molecule has 0 saturated heterocycles. The number of rotatable bonds is 8. The highest BCUT2D eigenvalue weighted by Gasteiger charge is 2.17. The third-order valence-electron chi connectivity index (χ3n) is 2.84. The Kier molecular flexibility index (Phi) is 6.15. The van der Waals surface area contributed by atoms with Gasteiger partial charge in [0.1, 0.15) is 5.75 Å². The molecule has 5 heteroatoms. The number of hydrogen-bond acceptors (Lipinski definition) is 5. The van der Waals surface area contributed by atoms with E-state index < -0.39 is 0 Å². The number of ether oxygens (including phenoxy) is 3. The molecule has 5 nitrogen and oxygen atoms in total. The van der Waals surface area contributed by atoms with Crippen LogP contribution in [0.4, 0.5) is 0 Å². The van der Waals surface area contributed by atoms with E-state index in [2.05, 4.69) is 5.32 Å². The molecule has 1 aromatic carbocycles. The minimum Gasteiger partial charge on any atom is -0.496 e. The van der Waals surface area contributed by atoms with Gasteiger partial charge in [-0.3, -0.25) is 4.79 Å². The van der Waals surface area contributed by atoms with Gasteiger partial charge in [-0.2, -0.15) is 0 Å². The van der Waals surface area contributed by atoms with Crippen LogP contribution in [0.25, 0.3) is 0 Å². The Morgan fingerprint density at radius 2 is 1.63 bits per heavy atom. The number of benzene rings is 1. The maximum absolute atomic E-state index is 12.2. The normalized spacial score (nSPS) is 10.1. The third-order valence-corrected chi connectivity index (χ3v) is 2.84. The van der Waals surface area contributed by atoms with Crippen molar-refractivity contribution in [3.8, 4) is 17.2 Å². The molecule has 0 aromatic heterocycles. The average molecular weight is 267 g/mol. The van der Waals surface area contributed by atoms with Crippen LogP contribution < -0.4 is 19.5 Å². The molecular weight excluding hydrogens is 246 g/mol. The molecule has 19 heavy (non-hydrogen) atoms. The lowest BCUT2D eigenvalue weighted by Gasteiger charge is -2.13. The van der Waals surface area contributed by atoms with E-state index in [9.17, 15) is 4.79 Å². The number of Topliss-reactive ketones (excluding diaryl/α,β-unsaturated/α-hetero) is 1. The van der Waals surface area contributed by atoms with E-state index >= 15 is 0 Å².